The highest BCUT2D eigenvalue weighted by molar-refractivity contribution is 5.44. The van der Waals surface area contributed by atoms with Crippen LogP contribution in [-0.4, -0.2) is 20.8 Å². The van der Waals surface area contributed by atoms with Crippen LogP contribution in [0.4, 0.5) is 0 Å². The van der Waals surface area contributed by atoms with Gasteiger partial charge in [0.05, 0.1) is 13.2 Å². The van der Waals surface area contributed by atoms with Crippen molar-refractivity contribution >= 4 is 0 Å². The van der Waals surface area contributed by atoms with E-state index >= 15 is 0 Å². The van der Waals surface area contributed by atoms with Gasteiger partial charge in [-0.2, -0.15) is 0 Å². The summed E-state index contributed by atoms with van der Waals surface area (Å²) < 4.78 is 10.6. The molecule has 1 unspecified atom stereocenters. The third-order valence-corrected chi connectivity index (χ3v) is 2.84. The van der Waals surface area contributed by atoms with Gasteiger partial charge in [0.2, 0.25) is 0 Å². The summed E-state index contributed by atoms with van der Waals surface area (Å²) in [5.74, 6) is 0.906. The molecule has 2 N–H and O–H groups in total. The molecule has 0 fully saturated rings. The van der Waals surface area contributed by atoms with Crippen LogP contribution in [0.25, 0.3) is 0 Å². The normalized spacial score (nSPS) is 12.6. The Bertz CT molecular complexity index is 333. The lowest BCUT2D eigenvalue weighted by Gasteiger charge is -2.18. The van der Waals surface area contributed by atoms with Crippen LogP contribution in [0.2, 0.25) is 0 Å². The number of nitrogens with two attached hydrogens (primary N) is 1. The van der Waals surface area contributed by atoms with Crippen molar-refractivity contribution < 1.29 is 9.47 Å². The average molecular weight is 209 g/mol. The van der Waals surface area contributed by atoms with E-state index in [4.69, 9.17) is 15.2 Å². The molecule has 0 aliphatic rings. The van der Waals surface area contributed by atoms with Gasteiger partial charge in [-0.05, 0) is 36.6 Å². The zero-order valence-electron chi connectivity index (χ0n) is 9.83. The quantitative estimate of drug-likeness (QED) is 0.824. The van der Waals surface area contributed by atoms with Gasteiger partial charge in [-0.25, -0.2) is 0 Å². The Morgan fingerprint density at radius 1 is 1.20 bits per heavy atom. The predicted octanol–water partition coefficient (Wildman–Crippen LogP) is 1.96. The van der Waals surface area contributed by atoms with E-state index in [0.29, 0.717) is 6.54 Å². The third kappa shape index (κ3) is 2.30. The minimum absolute atomic E-state index is 0.0328. The molecule has 0 saturated heterocycles. The maximum absolute atomic E-state index is 5.65. The molecule has 0 heterocycles. The van der Waals surface area contributed by atoms with Gasteiger partial charge in [0.15, 0.2) is 0 Å². The first-order valence-corrected chi connectivity index (χ1v) is 5.02. The summed E-state index contributed by atoms with van der Waals surface area (Å²) in [7, 11) is 3.36. The van der Waals surface area contributed by atoms with Crippen LogP contribution < -0.4 is 10.5 Å². The SMILES string of the molecule is COc1ccc(C(CN)OC)c(C)c1C. The first-order valence-electron chi connectivity index (χ1n) is 5.02. The van der Waals surface area contributed by atoms with E-state index in [2.05, 4.69) is 6.92 Å². The van der Waals surface area contributed by atoms with Crippen molar-refractivity contribution in [2.24, 2.45) is 5.73 Å². The highest BCUT2D eigenvalue weighted by Crippen LogP contribution is 2.28. The van der Waals surface area contributed by atoms with Crippen molar-refractivity contribution in [2.75, 3.05) is 20.8 Å². The molecule has 0 aromatic heterocycles. The summed E-state index contributed by atoms with van der Waals surface area (Å²) in [6.07, 6.45) is -0.0328. The summed E-state index contributed by atoms with van der Waals surface area (Å²) in [6, 6.07) is 3.97. The van der Waals surface area contributed by atoms with Gasteiger partial charge in [-0.1, -0.05) is 6.07 Å². The third-order valence-electron chi connectivity index (χ3n) is 2.84. The molecule has 0 aliphatic carbocycles. The van der Waals surface area contributed by atoms with Gasteiger partial charge in [0.25, 0.3) is 0 Å². The van der Waals surface area contributed by atoms with Gasteiger partial charge in [-0.15, -0.1) is 0 Å². The van der Waals surface area contributed by atoms with Crippen molar-refractivity contribution in [1.82, 2.24) is 0 Å². The van der Waals surface area contributed by atoms with Crippen LogP contribution in [0.15, 0.2) is 12.1 Å². The van der Waals surface area contributed by atoms with E-state index in [1.807, 2.05) is 19.1 Å². The van der Waals surface area contributed by atoms with E-state index in [1.165, 1.54) is 5.56 Å². The van der Waals surface area contributed by atoms with Gasteiger partial charge in [-0.3, -0.25) is 0 Å². The molecule has 3 heteroatoms. The first kappa shape index (κ1) is 12.0. The Balaban J connectivity index is 3.16. The van der Waals surface area contributed by atoms with Gasteiger partial charge < -0.3 is 15.2 Å². The van der Waals surface area contributed by atoms with E-state index < -0.39 is 0 Å². The van der Waals surface area contributed by atoms with Crippen LogP contribution in [0.5, 0.6) is 5.75 Å². The van der Waals surface area contributed by atoms with Gasteiger partial charge in [0, 0.05) is 13.7 Å². The lowest BCUT2D eigenvalue weighted by atomic mass is 9.98. The zero-order valence-corrected chi connectivity index (χ0v) is 9.83. The van der Waals surface area contributed by atoms with Crippen molar-refractivity contribution in [2.45, 2.75) is 20.0 Å². The molecule has 3 nitrogen and oxygen atoms in total. The lowest BCUT2D eigenvalue weighted by Crippen LogP contribution is -2.15. The molecule has 0 radical (unpaired) electrons. The first-order chi connectivity index (χ1) is 7.15. The smallest absolute Gasteiger partial charge is 0.122 e. The average Bonchev–Trinajstić information content (AvgIpc) is 2.26. The Hall–Kier alpha value is -1.06. The molecule has 15 heavy (non-hydrogen) atoms. The second-order valence-electron chi connectivity index (χ2n) is 3.57. The molecule has 0 saturated carbocycles. The van der Waals surface area contributed by atoms with E-state index in [-0.39, 0.29) is 6.10 Å². The molecule has 0 amide bonds. The Morgan fingerprint density at radius 3 is 2.33 bits per heavy atom. The number of hydrogen-bond donors (Lipinski definition) is 1. The van der Waals surface area contributed by atoms with Gasteiger partial charge >= 0.3 is 0 Å². The molecule has 0 spiro atoms. The summed E-state index contributed by atoms with van der Waals surface area (Å²) in [4.78, 5) is 0. The second kappa shape index (κ2) is 5.14. The van der Waals surface area contributed by atoms with Crippen molar-refractivity contribution in [3.8, 4) is 5.75 Å². The minimum Gasteiger partial charge on any atom is -0.496 e. The van der Waals surface area contributed by atoms with Crippen LogP contribution in [-0.2, 0) is 4.74 Å². The highest BCUT2D eigenvalue weighted by Gasteiger charge is 2.14. The monoisotopic (exact) mass is 209 g/mol. The molecule has 0 aliphatic heterocycles. The van der Waals surface area contributed by atoms with Crippen LogP contribution in [0.1, 0.15) is 22.8 Å². The van der Waals surface area contributed by atoms with E-state index in [9.17, 15) is 0 Å². The van der Waals surface area contributed by atoms with Gasteiger partial charge in [0.1, 0.15) is 5.75 Å². The van der Waals surface area contributed by atoms with E-state index in [1.54, 1.807) is 14.2 Å². The molecule has 1 atom stereocenters. The lowest BCUT2D eigenvalue weighted by molar-refractivity contribution is 0.110. The molecule has 1 aromatic carbocycles. The van der Waals surface area contributed by atoms with Crippen LogP contribution >= 0.6 is 0 Å². The number of rotatable bonds is 4. The van der Waals surface area contributed by atoms with E-state index in [0.717, 1.165) is 16.9 Å². The topological polar surface area (TPSA) is 44.5 Å². The minimum atomic E-state index is -0.0328. The number of ether oxygens (including phenoxy) is 2. The highest BCUT2D eigenvalue weighted by atomic mass is 16.5. The summed E-state index contributed by atoms with van der Waals surface area (Å²) in [5.41, 5.74) is 9.12. The van der Waals surface area contributed by atoms with Crippen LogP contribution in [0, 0.1) is 13.8 Å². The maximum Gasteiger partial charge on any atom is 0.122 e. The Kier molecular flexibility index (Phi) is 4.12. The number of benzene rings is 1. The fraction of sp³-hybridized carbons (Fsp3) is 0.500. The fourth-order valence-corrected chi connectivity index (χ4v) is 1.74. The van der Waals surface area contributed by atoms with Crippen molar-refractivity contribution in [3.63, 3.8) is 0 Å². The Morgan fingerprint density at radius 2 is 1.87 bits per heavy atom. The zero-order chi connectivity index (χ0) is 11.4. The molecule has 84 valence electrons. The summed E-state index contributed by atoms with van der Waals surface area (Å²) >= 11 is 0. The summed E-state index contributed by atoms with van der Waals surface area (Å²) in [5, 5.41) is 0. The predicted molar refractivity (Wildman–Crippen MR) is 61.3 cm³/mol. The molecular formula is C12H19NO2. The molecule has 1 aromatic rings. The molecule has 0 bridgehead atoms. The van der Waals surface area contributed by atoms with Crippen molar-refractivity contribution in [3.05, 3.63) is 28.8 Å². The van der Waals surface area contributed by atoms with Crippen molar-refractivity contribution in [1.29, 1.82) is 0 Å². The number of hydrogen-bond acceptors (Lipinski definition) is 3. The largest absolute Gasteiger partial charge is 0.496 e. The fourth-order valence-electron chi connectivity index (χ4n) is 1.74. The number of methoxy groups -OCH3 is 2. The summed E-state index contributed by atoms with van der Waals surface area (Å²) in [6.45, 7) is 4.60. The molecular weight excluding hydrogens is 190 g/mol. The Labute approximate surface area is 91.2 Å². The van der Waals surface area contributed by atoms with Crippen LogP contribution in [0.3, 0.4) is 0 Å². The molecule has 1 rings (SSSR count). The maximum atomic E-state index is 5.65. The standard InChI is InChI=1S/C12H19NO2/c1-8-9(2)11(14-3)6-5-10(8)12(7-13)15-4/h5-6,12H,7,13H2,1-4H3. The second-order valence-corrected chi connectivity index (χ2v) is 3.57.